The molecule has 0 heterocycles. The van der Waals surface area contributed by atoms with Gasteiger partial charge in [-0.2, -0.15) is 0 Å². The first kappa shape index (κ1) is 30.9. The summed E-state index contributed by atoms with van der Waals surface area (Å²) in [7, 11) is 0. The molecule has 0 aromatic carbocycles. The zero-order chi connectivity index (χ0) is 26.4. The first-order chi connectivity index (χ1) is 16.4. The molecule has 8 atom stereocenters. The molecule has 0 bridgehead atoms. The molecule has 3 saturated carbocycles. The van der Waals surface area contributed by atoms with Crippen molar-refractivity contribution in [1.29, 1.82) is 0 Å². The molecule has 2 nitrogen and oxygen atoms in total. The number of aliphatic hydroxyl groups is 2. The molecule has 2 N–H and O–H groups in total. The quantitative estimate of drug-likeness (QED) is 0.372. The van der Waals surface area contributed by atoms with Crippen LogP contribution in [0, 0.1) is 40.4 Å². The minimum atomic E-state index is -0.519. The standard InChI is InChI=1S/C27H46O2.2C3H8.3H2/c1-18(7-6-14-25(2,3)29)22-10-11-23-21-9-8-19-17-20(28)12-15-26(19,4)24(21)13-16-27(22,23)5;2*1-3-2;;;/h8,18,20-24,28-29H,6-7,9-17H2,1-5H3;2*3H2,1-2H3;3*1H/t18-,20+,21+,22?,23?,24?,26+,27-;;;;;/m1...../s1. The Kier molecular flexibility index (Phi) is 11.4. The van der Waals surface area contributed by atoms with Crippen LogP contribution in [-0.2, 0) is 0 Å². The molecule has 4 aliphatic rings. The van der Waals surface area contributed by atoms with Crippen LogP contribution < -0.4 is 0 Å². The summed E-state index contributed by atoms with van der Waals surface area (Å²) in [5.41, 5.74) is 1.95. The molecule has 0 aliphatic heterocycles. The number of aliphatic hydroxyl groups excluding tert-OH is 1. The van der Waals surface area contributed by atoms with Crippen molar-refractivity contribution in [2.45, 2.75) is 157 Å². The minimum Gasteiger partial charge on any atom is -0.393 e. The monoisotopic (exact) mass is 497 g/mol. The summed E-state index contributed by atoms with van der Waals surface area (Å²) in [6, 6.07) is 0. The lowest BCUT2D eigenvalue weighted by Crippen LogP contribution is -2.50. The summed E-state index contributed by atoms with van der Waals surface area (Å²) >= 11 is 0. The molecule has 0 spiro atoms. The fourth-order valence-corrected chi connectivity index (χ4v) is 8.67. The van der Waals surface area contributed by atoms with Crippen molar-refractivity contribution in [3.63, 3.8) is 0 Å². The van der Waals surface area contributed by atoms with Crippen molar-refractivity contribution >= 4 is 0 Å². The van der Waals surface area contributed by atoms with E-state index in [2.05, 4.69) is 54.5 Å². The van der Waals surface area contributed by atoms with E-state index in [1.807, 2.05) is 13.8 Å². The Hall–Kier alpha value is -0.340. The summed E-state index contributed by atoms with van der Waals surface area (Å²) < 4.78 is 0. The van der Waals surface area contributed by atoms with E-state index in [1.54, 1.807) is 5.57 Å². The van der Waals surface area contributed by atoms with Crippen molar-refractivity contribution in [3.8, 4) is 0 Å². The van der Waals surface area contributed by atoms with E-state index in [4.69, 9.17) is 0 Å². The maximum Gasteiger partial charge on any atom is 0.0591 e. The zero-order valence-electron chi connectivity index (χ0n) is 25.1. The third kappa shape index (κ3) is 7.16. The van der Waals surface area contributed by atoms with Crippen molar-refractivity contribution in [2.24, 2.45) is 40.4 Å². The van der Waals surface area contributed by atoms with Gasteiger partial charge in [-0.25, -0.2) is 0 Å². The van der Waals surface area contributed by atoms with Gasteiger partial charge in [-0.05, 0) is 112 Å². The van der Waals surface area contributed by atoms with Gasteiger partial charge < -0.3 is 10.2 Å². The lowest BCUT2D eigenvalue weighted by Gasteiger charge is -2.58. The normalized spacial score (nSPS) is 38.9. The number of fused-ring (bicyclic) bond motifs is 5. The second-order valence-electron chi connectivity index (χ2n) is 14.0. The molecule has 0 radical (unpaired) electrons. The molecular formula is C33H68O2. The molecule has 0 aromatic heterocycles. The van der Waals surface area contributed by atoms with Gasteiger partial charge in [0.05, 0.1) is 11.7 Å². The molecule has 212 valence electrons. The van der Waals surface area contributed by atoms with Crippen LogP contribution in [0.25, 0.3) is 0 Å². The van der Waals surface area contributed by atoms with Gasteiger partial charge in [0.15, 0.2) is 0 Å². The number of allylic oxidation sites excluding steroid dienone is 1. The van der Waals surface area contributed by atoms with Gasteiger partial charge in [0.2, 0.25) is 0 Å². The van der Waals surface area contributed by atoms with Crippen LogP contribution in [0.15, 0.2) is 11.6 Å². The maximum absolute atomic E-state index is 10.2. The Morgan fingerprint density at radius 2 is 1.63 bits per heavy atom. The summed E-state index contributed by atoms with van der Waals surface area (Å²) in [4.78, 5) is 0. The van der Waals surface area contributed by atoms with Crippen LogP contribution in [0.5, 0.6) is 0 Å². The second kappa shape index (κ2) is 12.9. The predicted octanol–water partition coefficient (Wildman–Crippen LogP) is 10.1. The van der Waals surface area contributed by atoms with E-state index in [-0.39, 0.29) is 10.4 Å². The summed E-state index contributed by atoms with van der Waals surface area (Å²) in [5, 5.41) is 20.3. The van der Waals surface area contributed by atoms with Crippen LogP contribution in [-0.4, -0.2) is 21.9 Å². The molecule has 35 heavy (non-hydrogen) atoms. The molecular weight excluding hydrogens is 428 g/mol. The van der Waals surface area contributed by atoms with Crippen molar-refractivity contribution in [1.82, 2.24) is 0 Å². The van der Waals surface area contributed by atoms with Gasteiger partial charge in [0.1, 0.15) is 0 Å². The highest BCUT2D eigenvalue weighted by Crippen LogP contribution is 2.67. The third-order valence-electron chi connectivity index (χ3n) is 10.3. The van der Waals surface area contributed by atoms with Gasteiger partial charge in [0, 0.05) is 4.28 Å². The van der Waals surface area contributed by atoms with E-state index in [0.29, 0.717) is 10.8 Å². The molecule has 0 saturated heterocycles. The minimum absolute atomic E-state index is 0. The van der Waals surface area contributed by atoms with Crippen LogP contribution in [0.2, 0.25) is 0 Å². The summed E-state index contributed by atoms with van der Waals surface area (Å²) in [6.45, 7) is 20.1. The topological polar surface area (TPSA) is 40.5 Å². The van der Waals surface area contributed by atoms with Gasteiger partial charge >= 0.3 is 0 Å². The molecule has 0 aromatic rings. The second-order valence-corrected chi connectivity index (χ2v) is 14.0. The lowest BCUT2D eigenvalue weighted by molar-refractivity contribution is -0.0575. The van der Waals surface area contributed by atoms with Crippen molar-refractivity contribution < 1.29 is 14.5 Å². The smallest absolute Gasteiger partial charge is 0.0591 e. The molecule has 4 rings (SSSR count). The average Bonchev–Trinajstić information content (AvgIpc) is 3.12. The summed E-state index contributed by atoms with van der Waals surface area (Å²) in [5.74, 6) is 4.24. The molecule has 3 unspecified atom stereocenters. The van der Waals surface area contributed by atoms with Crippen LogP contribution in [0.3, 0.4) is 0 Å². The highest BCUT2D eigenvalue weighted by atomic mass is 16.3. The maximum atomic E-state index is 10.2. The van der Waals surface area contributed by atoms with E-state index in [0.717, 1.165) is 55.3 Å². The molecule has 2 heteroatoms. The Morgan fingerprint density at radius 1 is 1.00 bits per heavy atom. The molecule has 4 aliphatic carbocycles. The highest BCUT2D eigenvalue weighted by molar-refractivity contribution is 5.25. The van der Waals surface area contributed by atoms with Crippen LogP contribution >= 0.6 is 0 Å². The van der Waals surface area contributed by atoms with Crippen LogP contribution in [0.1, 0.15) is 150 Å². The Labute approximate surface area is 224 Å². The van der Waals surface area contributed by atoms with Gasteiger partial charge in [-0.15, -0.1) is 0 Å². The fourth-order valence-electron chi connectivity index (χ4n) is 8.67. The van der Waals surface area contributed by atoms with E-state index in [1.165, 1.54) is 57.8 Å². The fraction of sp³-hybridized carbons (Fsp3) is 0.939. The Balaban J connectivity index is 0. The van der Waals surface area contributed by atoms with Crippen LogP contribution in [0.4, 0.5) is 0 Å². The predicted molar refractivity (Wildman–Crippen MR) is 159 cm³/mol. The lowest BCUT2D eigenvalue weighted by atomic mass is 9.47. The van der Waals surface area contributed by atoms with E-state index >= 15 is 0 Å². The largest absolute Gasteiger partial charge is 0.393 e. The first-order valence-electron chi connectivity index (χ1n) is 15.5. The van der Waals surface area contributed by atoms with E-state index in [9.17, 15) is 10.2 Å². The Bertz CT molecular complexity index is 674. The Morgan fingerprint density at radius 3 is 2.23 bits per heavy atom. The summed E-state index contributed by atoms with van der Waals surface area (Å²) in [6.07, 6.45) is 18.4. The van der Waals surface area contributed by atoms with Gasteiger partial charge in [-0.1, -0.05) is 85.8 Å². The third-order valence-corrected chi connectivity index (χ3v) is 10.3. The SMILES string of the molecule is CCC.CCC.C[C@H](CCCC(C)(C)O)C1CCC2[C@@H]3CC=C4C[C@@H](O)CC[C@]4(C)C3CC[C@@]21C.[HH].[HH].[HH]. The highest BCUT2D eigenvalue weighted by Gasteiger charge is 2.59. The van der Waals surface area contributed by atoms with Gasteiger partial charge in [-0.3, -0.25) is 0 Å². The molecule has 0 amide bonds. The average molecular weight is 497 g/mol. The first-order valence-corrected chi connectivity index (χ1v) is 15.5. The number of hydrogen-bond acceptors (Lipinski definition) is 2. The van der Waals surface area contributed by atoms with Crippen molar-refractivity contribution in [3.05, 3.63) is 11.6 Å². The number of rotatable bonds is 5. The van der Waals surface area contributed by atoms with Crippen molar-refractivity contribution in [2.75, 3.05) is 0 Å². The number of hydrogen-bond donors (Lipinski definition) is 2. The van der Waals surface area contributed by atoms with E-state index < -0.39 is 5.60 Å². The molecule has 3 fully saturated rings. The van der Waals surface area contributed by atoms with Gasteiger partial charge in [0.25, 0.3) is 0 Å². The zero-order valence-corrected chi connectivity index (χ0v) is 25.1.